The summed E-state index contributed by atoms with van der Waals surface area (Å²) in [6, 6.07) is 12.6. The highest BCUT2D eigenvalue weighted by molar-refractivity contribution is 6.74. The Bertz CT molecular complexity index is 416. The van der Waals surface area contributed by atoms with E-state index in [2.05, 4.69) is 72.7 Å². The molecule has 1 aromatic carbocycles. The van der Waals surface area contributed by atoms with E-state index >= 15 is 0 Å². The van der Waals surface area contributed by atoms with Crippen molar-refractivity contribution in [1.29, 1.82) is 0 Å². The SMILES string of the molecule is Cc1ccc(O[Si](CCC(C)C)(CCC(C)C)CCC(C)C)cc1. The summed E-state index contributed by atoms with van der Waals surface area (Å²) in [5.41, 5.74) is 1.31. The van der Waals surface area contributed by atoms with Gasteiger partial charge in [-0.05, 0) is 54.9 Å². The molecule has 1 rings (SSSR count). The van der Waals surface area contributed by atoms with Crippen molar-refractivity contribution >= 4 is 8.32 Å². The molecule has 0 bridgehead atoms. The molecule has 1 aromatic rings. The van der Waals surface area contributed by atoms with Gasteiger partial charge in [-0.2, -0.15) is 0 Å². The molecule has 2 heteroatoms. The minimum Gasteiger partial charge on any atom is -0.543 e. The standard InChI is InChI=1S/C22H40OSi/c1-18(2)12-15-24(16-13-19(3)4,17-14-20(5)6)23-22-10-8-21(7)9-11-22/h8-11,18-20H,12-17H2,1-7H3. The fourth-order valence-electron chi connectivity index (χ4n) is 3.04. The molecule has 0 atom stereocenters. The van der Waals surface area contributed by atoms with E-state index in [1.165, 1.54) is 43.0 Å². The van der Waals surface area contributed by atoms with Crippen LogP contribution in [0.4, 0.5) is 0 Å². The van der Waals surface area contributed by atoms with Crippen LogP contribution >= 0.6 is 0 Å². The molecular formula is C22H40OSi. The maximum Gasteiger partial charge on any atom is 0.251 e. The number of hydrogen-bond donors (Lipinski definition) is 0. The third-order valence-corrected chi connectivity index (χ3v) is 9.16. The van der Waals surface area contributed by atoms with E-state index in [-0.39, 0.29) is 0 Å². The molecule has 0 saturated heterocycles. The van der Waals surface area contributed by atoms with E-state index in [1.807, 2.05) is 0 Å². The monoisotopic (exact) mass is 348 g/mol. The van der Waals surface area contributed by atoms with Crippen LogP contribution < -0.4 is 4.43 Å². The number of aryl methyl sites for hydroxylation is 1. The molecule has 0 aliphatic rings. The number of benzene rings is 1. The van der Waals surface area contributed by atoms with Crippen LogP contribution in [0.5, 0.6) is 5.75 Å². The molecule has 0 aliphatic heterocycles. The highest BCUT2D eigenvalue weighted by Crippen LogP contribution is 2.33. The van der Waals surface area contributed by atoms with Gasteiger partial charge in [0.25, 0.3) is 8.32 Å². The summed E-state index contributed by atoms with van der Waals surface area (Å²) in [5, 5.41) is 0. The van der Waals surface area contributed by atoms with E-state index in [0.29, 0.717) is 0 Å². The van der Waals surface area contributed by atoms with Gasteiger partial charge in [-0.3, -0.25) is 0 Å². The summed E-state index contributed by atoms with van der Waals surface area (Å²) < 4.78 is 6.85. The lowest BCUT2D eigenvalue weighted by Gasteiger charge is -2.34. The zero-order chi connectivity index (χ0) is 18.2. The second-order valence-corrected chi connectivity index (χ2v) is 13.0. The van der Waals surface area contributed by atoms with Crippen LogP contribution in [0.2, 0.25) is 18.1 Å². The molecule has 0 unspecified atom stereocenters. The average Bonchev–Trinajstić information content (AvgIpc) is 2.50. The Hall–Kier alpha value is -0.763. The predicted molar refractivity (Wildman–Crippen MR) is 110 cm³/mol. The maximum atomic E-state index is 6.85. The molecule has 24 heavy (non-hydrogen) atoms. The van der Waals surface area contributed by atoms with E-state index in [4.69, 9.17) is 4.43 Å². The number of rotatable bonds is 11. The van der Waals surface area contributed by atoms with Crippen molar-refractivity contribution in [3.05, 3.63) is 29.8 Å². The first-order valence-electron chi connectivity index (χ1n) is 9.98. The van der Waals surface area contributed by atoms with Crippen LogP contribution in [-0.2, 0) is 0 Å². The van der Waals surface area contributed by atoms with Gasteiger partial charge < -0.3 is 4.43 Å². The van der Waals surface area contributed by atoms with Crippen LogP contribution in [0, 0.1) is 24.7 Å². The van der Waals surface area contributed by atoms with Crippen molar-refractivity contribution in [2.24, 2.45) is 17.8 Å². The minimum absolute atomic E-state index is 0.761. The smallest absolute Gasteiger partial charge is 0.251 e. The van der Waals surface area contributed by atoms with Crippen molar-refractivity contribution in [3.63, 3.8) is 0 Å². The first kappa shape index (κ1) is 21.3. The summed E-state index contributed by atoms with van der Waals surface area (Å²) in [7, 11) is -1.74. The van der Waals surface area contributed by atoms with Crippen molar-refractivity contribution < 1.29 is 4.43 Å². The second-order valence-electron chi connectivity index (χ2n) is 8.90. The quantitative estimate of drug-likeness (QED) is 0.377. The maximum absolute atomic E-state index is 6.85. The lowest BCUT2D eigenvalue weighted by molar-refractivity contribution is 0.477. The Kier molecular flexibility index (Phi) is 9.11. The third-order valence-electron chi connectivity index (χ3n) is 4.89. The van der Waals surface area contributed by atoms with Gasteiger partial charge in [0.15, 0.2) is 0 Å². The Balaban J connectivity index is 2.97. The second kappa shape index (κ2) is 10.3. The highest BCUT2D eigenvalue weighted by Gasteiger charge is 2.36. The van der Waals surface area contributed by atoms with Crippen LogP contribution in [0.1, 0.15) is 66.4 Å². The molecule has 0 aromatic heterocycles. The first-order valence-corrected chi connectivity index (χ1v) is 12.5. The average molecular weight is 349 g/mol. The fraction of sp³-hybridized carbons (Fsp3) is 0.727. The minimum atomic E-state index is -1.74. The molecule has 1 nitrogen and oxygen atoms in total. The van der Waals surface area contributed by atoms with Gasteiger partial charge in [0.2, 0.25) is 0 Å². The Morgan fingerprint density at radius 2 is 1.08 bits per heavy atom. The van der Waals surface area contributed by atoms with E-state index in [9.17, 15) is 0 Å². The Morgan fingerprint density at radius 3 is 1.42 bits per heavy atom. The summed E-state index contributed by atoms with van der Waals surface area (Å²) in [5.74, 6) is 3.38. The fourth-order valence-corrected chi connectivity index (χ4v) is 8.04. The molecule has 0 radical (unpaired) electrons. The first-order chi connectivity index (χ1) is 11.2. The number of hydrogen-bond acceptors (Lipinski definition) is 1. The van der Waals surface area contributed by atoms with Gasteiger partial charge in [-0.1, -0.05) is 78.5 Å². The Labute approximate surface area is 152 Å². The molecule has 138 valence electrons. The van der Waals surface area contributed by atoms with Gasteiger partial charge in [0.05, 0.1) is 0 Å². The van der Waals surface area contributed by atoms with E-state index in [0.717, 1.165) is 23.5 Å². The lowest BCUT2D eigenvalue weighted by atomic mass is 10.2. The zero-order valence-electron chi connectivity index (χ0n) is 17.2. The summed E-state index contributed by atoms with van der Waals surface area (Å²) in [4.78, 5) is 0. The van der Waals surface area contributed by atoms with Crippen LogP contribution in [0.25, 0.3) is 0 Å². The largest absolute Gasteiger partial charge is 0.543 e. The van der Waals surface area contributed by atoms with E-state index in [1.54, 1.807) is 0 Å². The van der Waals surface area contributed by atoms with Crippen LogP contribution in [0.15, 0.2) is 24.3 Å². The van der Waals surface area contributed by atoms with Crippen molar-refractivity contribution in [3.8, 4) is 5.75 Å². The van der Waals surface area contributed by atoms with Gasteiger partial charge in [0, 0.05) is 0 Å². The summed E-state index contributed by atoms with van der Waals surface area (Å²) in [6.07, 6.45) is 3.90. The van der Waals surface area contributed by atoms with Gasteiger partial charge in [-0.25, -0.2) is 0 Å². The summed E-state index contributed by atoms with van der Waals surface area (Å²) >= 11 is 0. The zero-order valence-corrected chi connectivity index (χ0v) is 18.2. The molecule has 0 aliphatic carbocycles. The predicted octanol–water partition coefficient (Wildman–Crippen LogP) is 7.46. The van der Waals surface area contributed by atoms with Gasteiger partial charge >= 0.3 is 0 Å². The molecule has 0 amide bonds. The molecule has 0 spiro atoms. The molecule has 0 fully saturated rings. The molecule has 0 N–H and O–H groups in total. The topological polar surface area (TPSA) is 9.23 Å². The van der Waals surface area contributed by atoms with Gasteiger partial charge in [-0.15, -0.1) is 0 Å². The Morgan fingerprint density at radius 1 is 0.708 bits per heavy atom. The van der Waals surface area contributed by atoms with Crippen LogP contribution in [-0.4, -0.2) is 8.32 Å². The van der Waals surface area contributed by atoms with E-state index < -0.39 is 8.32 Å². The lowest BCUT2D eigenvalue weighted by Crippen LogP contribution is -2.42. The molecular weight excluding hydrogens is 308 g/mol. The summed E-state index contributed by atoms with van der Waals surface area (Å²) in [6.45, 7) is 16.2. The van der Waals surface area contributed by atoms with Crippen LogP contribution in [0.3, 0.4) is 0 Å². The van der Waals surface area contributed by atoms with Crippen molar-refractivity contribution in [1.82, 2.24) is 0 Å². The van der Waals surface area contributed by atoms with Gasteiger partial charge in [0.1, 0.15) is 5.75 Å². The highest BCUT2D eigenvalue weighted by atomic mass is 28.4. The molecule has 0 heterocycles. The third kappa shape index (κ3) is 8.37. The van der Waals surface area contributed by atoms with Crippen molar-refractivity contribution in [2.45, 2.75) is 85.9 Å². The normalized spacial score (nSPS) is 12.4. The molecule has 0 saturated carbocycles. The van der Waals surface area contributed by atoms with Crippen molar-refractivity contribution in [2.75, 3.05) is 0 Å².